The lowest BCUT2D eigenvalue weighted by Gasteiger charge is -2.32. The summed E-state index contributed by atoms with van der Waals surface area (Å²) in [7, 11) is 0. The summed E-state index contributed by atoms with van der Waals surface area (Å²) in [5.41, 5.74) is 1.11. The fourth-order valence-electron chi connectivity index (χ4n) is 2.57. The molecule has 5 heteroatoms. The van der Waals surface area contributed by atoms with Crippen LogP contribution in [0.5, 0.6) is 0 Å². The Labute approximate surface area is 112 Å². The van der Waals surface area contributed by atoms with E-state index < -0.39 is 0 Å². The third-order valence-corrected chi connectivity index (χ3v) is 4.65. The molecule has 3 rings (SSSR count). The van der Waals surface area contributed by atoms with Crippen molar-refractivity contribution >= 4 is 17.6 Å². The summed E-state index contributed by atoms with van der Waals surface area (Å²) in [6.45, 7) is 4.11. The Kier molecular flexibility index (Phi) is 3.43. The summed E-state index contributed by atoms with van der Waals surface area (Å²) < 4.78 is 0. The smallest absolute Gasteiger partial charge is 0.132 e. The number of nitrogens with zero attached hydrogens (tertiary/aromatic N) is 3. The van der Waals surface area contributed by atoms with Crippen LogP contribution in [0.15, 0.2) is 6.07 Å². The Morgan fingerprint density at radius 3 is 2.67 bits per heavy atom. The van der Waals surface area contributed by atoms with Gasteiger partial charge in [-0.2, -0.15) is 11.8 Å². The molecule has 1 N–H and O–H groups in total. The van der Waals surface area contributed by atoms with E-state index in [1.54, 1.807) is 0 Å². The van der Waals surface area contributed by atoms with Gasteiger partial charge in [-0.25, -0.2) is 9.97 Å². The third-order valence-electron chi connectivity index (χ3n) is 3.71. The molecule has 18 heavy (non-hydrogen) atoms. The van der Waals surface area contributed by atoms with Gasteiger partial charge in [0.25, 0.3) is 0 Å². The molecule has 98 valence electrons. The molecule has 2 fully saturated rings. The Bertz CT molecular complexity index is 428. The molecular weight excluding hydrogens is 246 g/mol. The van der Waals surface area contributed by atoms with E-state index in [9.17, 15) is 5.11 Å². The van der Waals surface area contributed by atoms with Gasteiger partial charge < -0.3 is 10.0 Å². The molecule has 0 aromatic carbocycles. The summed E-state index contributed by atoms with van der Waals surface area (Å²) in [5, 5.41) is 9.41. The molecule has 2 heterocycles. The fourth-order valence-corrected chi connectivity index (χ4v) is 3.47. The number of aliphatic hydroxyl groups excluding tert-OH is 1. The van der Waals surface area contributed by atoms with Gasteiger partial charge in [0.15, 0.2) is 0 Å². The number of hydrogen-bond donors (Lipinski definition) is 1. The van der Waals surface area contributed by atoms with Gasteiger partial charge in [0.1, 0.15) is 11.6 Å². The molecule has 1 saturated carbocycles. The van der Waals surface area contributed by atoms with Crippen LogP contribution in [0.25, 0.3) is 0 Å². The zero-order valence-electron chi connectivity index (χ0n) is 10.7. The van der Waals surface area contributed by atoms with Crippen LogP contribution in [-0.4, -0.2) is 45.8 Å². The SMILES string of the molecule is Cc1nc(C2CC(O)C2)cc(N2CCSCC2)n1. The molecule has 1 saturated heterocycles. The molecule has 0 unspecified atom stereocenters. The highest BCUT2D eigenvalue weighted by atomic mass is 32.2. The quantitative estimate of drug-likeness (QED) is 0.880. The second-order valence-electron chi connectivity index (χ2n) is 5.12. The average molecular weight is 265 g/mol. The molecule has 0 atom stereocenters. The van der Waals surface area contributed by atoms with Crippen molar-refractivity contribution in [2.45, 2.75) is 31.8 Å². The molecule has 0 spiro atoms. The number of anilines is 1. The highest BCUT2D eigenvalue weighted by Crippen LogP contribution is 2.36. The number of aryl methyl sites for hydroxylation is 1. The topological polar surface area (TPSA) is 49.3 Å². The largest absolute Gasteiger partial charge is 0.393 e. The van der Waals surface area contributed by atoms with Crippen LogP contribution in [0.4, 0.5) is 5.82 Å². The van der Waals surface area contributed by atoms with E-state index in [2.05, 4.69) is 20.9 Å². The highest BCUT2D eigenvalue weighted by Gasteiger charge is 2.30. The number of aromatic nitrogens is 2. The van der Waals surface area contributed by atoms with Gasteiger partial charge >= 0.3 is 0 Å². The van der Waals surface area contributed by atoms with Crippen molar-refractivity contribution in [3.8, 4) is 0 Å². The molecule has 0 bridgehead atoms. The maximum Gasteiger partial charge on any atom is 0.132 e. The maximum atomic E-state index is 9.41. The minimum absolute atomic E-state index is 0.125. The van der Waals surface area contributed by atoms with Crippen LogP contribution >= 0.6 is 11.8 Å². The predicted octanol–water partition coefficient (Wildman–Crippen LogP) is 1.58. The summed E-state index contributed by atoms with van der Waals surface area (Å²) in [4.78, 5) is 11.4. The first kappa shape index (κ1) is 12.2. The van der Waals surface area contributed by atoms with Crippen LogP contribution in [0.2, 0.25) is 0 Å². The van der Waals surface area contributed by atoms with E-state index in [0.29, 0.717) is 5.92 Å². The Morgan fingerprint density at radius 1 is 1.28 bits per heavy atom. The summed E-state index contributed by atoms with van der Waals surface area (Å²) in [5.74, 6) is 4.71. The van der Waals surface area contributed by atoms with E-state index in [4.69, 9.17) is 0 Å². The van der Waals surface area contributed by atoms with E-state index in [1.807, 2.05) is 18.7 Å². The van der Waals surface area contributed by atoms with Gasteiger partial charge in [0, 0.05) is 42.3 Å². The van der Waals surface area contributed by atoms with Crippen LogP contribution in [0.1, 0.15) is 30.3 Å². The Balaban J connectivity index is 1.81. The fraction of sp³-hybridized carbons (Fsp3) is 0.692. The second-order valence-corrected chi connectivity index (χ2v) is 6.34. The van der Waals surface area contributed by atoms with Crippen molar-refractivity contribution in [3.05, 3.63) is 17.6 Å². The van der Waals surface area contributed by atoms with E-state index in [1.165, 1.54) is 11.5 Å². The number of rotatable bonds is 2. The van der Waals surface area contributed by atoms with Gasteiger partial charge in [-0.1, -0.05) is 0 Å². The lowest BCUT2D eigenvalue weighted by molar-refractivity contribution is 0.0731. The number of aliphatic hydroxyl groups is 1. The normalized spacial score (nSPS) is 28.0. The zero-order chi connectivity index (χ0) is 12.5. The van der Waals surface area contributed by atoms with Crippen molar-refractivity contribution in [1.82, 2.24) is 9.97 Å². The first-order valence-electron chi connectivity index (χ1n) is 6.59. The van der Waals surface area contributed by atoms with Gasteiger partial charge in [-0.15, -0.1) is 0 Å². The zero-order valence-corrected chi connectivity index (χ0v) is 11.5. The van der Waals surface area contributed by atoms with Crippen molar-refractivity contribution in [1.29, 1.82) is 0 Å². The summed E-state index contributed by atoms with van der Waals surface area (Å²) in [6, 6.07) is 2.12. The molecule has 0 amide bonds. The highest BCUT2D eigenvalue weighted by molar-refractivity contribution is 7.99. The van der Waals surface area contributed by atoms with Crippen LogP contribution < -0.4 is 4.90 Å². The predicted molar refractivity (Wildman–Crippen MR) is 74.3 cm³/mol. The molecular formula is C13H19N3OS. The van der Waals surface area contributed by atoms with E-state index in [-0.39, 0.29) is 6.10 Å². The third kappa shape index (κ3) is 2.47. The first-order valence-corrected chi connectivity index (χ1v) is 7.74. The first-order chi connectivity index (χ1) is 8.72. The molecule has 1 aromatic rings. The van der Waals surface area contributed by atoms with Gasteiger partial charge in [-0.3, -0.25) is 0 Å². The van der Waals surface area contributed by atoms with E-state index in [0.717, 1.165) is 43.3 Å². The van der Waals surface area contributed by atoms with Crippen molar-refractivity contribution in [2.24, 2.45) is 0 Å². The maximum absolute atomic E-state index is 9.41. The standard InChI is InChI=1S/C13H19N3OS/c1-9-14-12(10-6-11(17)7-10)8-13(15-9)16-2-4-18-5-3-16/h8,10-11,17H,2-7H2,1H3. The van der Waals surface area contributed by atoms with Gasteiger partial charge in [-0.05, 0) is 19.8 Å². The van der Waals surface area contributed by atoms with E-state index >= 15 is 0 Å². The minimum Gasteiger partial charge on any atom is -0.393 e. The van der Waals surface area contributed by atoms with Crippen LogP contribution in [0.3, 0.4) is 0 Å². The monoisotopic (exact) mass is 265 g/mol. The Hall–Kier alpha value is -0.810. The molecule has 4 nitrogen and oxygen atoms in total. The molecule has 0 radical (unpaired) electrons. The molecule has 1 aliphatic carbocycles. The molecule has 1 aliphatic heterocycles. The van der Waals surface area contributed by atoms with Crippen LogP contribution in [-0.2, 0) is 0 Å². The average Bonchev–Trinajstić information content (AvgIpc) is 2.35. The summed E-state index contributed by atoms with van der Waals surface area (Å²) >= 11 is 2.01. The molecule has 1 aromatic heterocycles. The Morgan fingerprint density at radius 2 is 2.00 bits per heavy atom. The van der Waals surface area contributed by atoms with Gasteiger partial charge in [0.2, 0.25) is 0 Å². The minimum atomic E-state index is -0.125. The number of hydrogen-bond acceptors (Lipinski definition) is 5. The van der Waals surface area contributed by atoms with Crippen molar-refractivity contribution in [3.63, 3.8) is 0 Å². The summed E-state index contributed by atoms with van der Waals surface area (Å²) in [6.07, 6.45) is 1.58. The van der Waals surface area contributed by atoms with Crippen LogP contribution in [0, 0.1) is 6.92 Å². The van der Waals surface area contributed by atoms with Crippen molar-refractivity contribution < 1.29 is 5.11 Å². The van der Waals surface area contributed by atoms with Gasteiger partial charge in [0.05, 0.1) is 6.10 Å². The molecule has 2 aliphatic rings. The lowest BCUT2D eigenvalue weighted by atomic mass is 9.80. The van der Waals surface area contributed by atoms with Crippen molar-refractivity contribution in [2.75, 3.05) is 29.5 Å². The lowest BCUT2D eigenvalue weighted by Crippen LogP contribution is -2.34. The number of thioether (sulfide) groups is 1. The second kappa shape index (κ2) is 5.05.